The summed E-state index contributed by atoms with van der Waals surface area (Å²) in [5.74, 6) is 1.71. The van der Waals surface area contributed by atoms with Crippen molar-refractivity contribution in [3.8, 4) is 5.75 Å². The van der Waals surface area contributed by atoms with Gasteiger partial charge in [0.05, 0.1) is 12.7 Å². The number of allylic oxidation sites excluding steroid dienone is 2. The van der Waals surface area contributed by atoms with Gasteiger partial charge in [-0.2, -0.15) is 0 Å². The molecule has 1 heterocycles. The van der Waals surface area contributed by atoms with Crippen molar-refractivity contribution in [1.82, 2.24) is 5.32 Å². The fourth-order valence-electron chi connectivity index (χ4n) is 5.50. The first-order chi connectivity index (χ1) is 15.0. The number of esters is 1. The molecule has 0 aliphatic heterocycles. The minimum absolute atomic E-state index is 0. The molecular weight excluding hydrogens is 637 g/mol. The molecule has 0 saturated heterocycles. The summed E-state index contributed by atoms with van der Waals surface area (Å²) >= 11 is 1.54. The zero-order valence-corrected chi connectivity index (χ0v) is 24.4. The molecule has 2 N–H and O–H groups in total. The predicted octanol–water partition coefficient (Wildman–Crippen LogP) is 5.43. The van der Waals surface area contributed by atoms with E-state index in [-0.39, 0.29) is 67.7 Å². The van der Waals surface area contributed by atoms with Crippen LogP contribution in [0.2, 0.25) is 0 Å². The number of carbonyl (C=O) groups is 2. The van der Waals surface area contributed by atoms with Gasteiger partial charge < -0.3 is 15.2 Å². The maximum atomic E-state index is 13.2. The maximum Gasteiger partial charge on any atom is 0.305 e. The topological polar surface area (TPSA) is 75.6 Å². The molecule has 2 aliphatic carbocycles. The average molecular weight is 669 g/mol. The number of unbranched alkanes of at least 4 members (excludes halogenated alkanes) is 1. The number of aromatic hydroxyl groups is 1. The number of phenolic OH excluding ortho intramolecular Hbond substituents is 1. The Bertz CT molecular complexity index is 1000. The van der Waals surface area contributed by atoms with Crippen molar-refractivity contribution >= 4 is 33.3 Å². The van der Waals surface area contributed by atoms with Crippen LogP contribution < -0.4 is 5.32 Å². The number of hydrogen-bond donors (Lipinski definition) is 2. The Morgan fingerprint density at radius 1 is 1.28 bits per heavy atom. The molecule has 1 aromatic heterocycles. The second-order valence-electron chi connectivity index (χ2n) is 9.05. The van der Waals surface area contributed by atoms with E-state index in [9.17, 15) is 14.7 Å². The van der Waals surface area contributed by atoms with Gasteiger partial charge >= 0.3 is 5.97 Å². The van der Waals surface area contributed by atoms with Crippen molar-refractivity contribution in [2.45, 2.75) is 57.9 Å². The molecule has 1 aromatic carbocycles. The Morgan fingerprint density at radius 3 is 2.84 bits per heavy atom. The van der Waals surface area contributed by atoms with Gasteiger partial charge in [0, 0.05) is 72.0 Å². The molecule has 1 radical (unpaired) electrons. The van der Waals surface area contributed by atoms with E-state index < -0.39 is 0 Å². The van der Waals surface area contributed by atoms with Crippen molar-refractivity contribution in [1.29, 1.82) is 0 Å². The van der Waals surface area contributed by atoms with Crippen LogP contribution in [0.1, 0.15) is 62.2 Å². The summed E-state index contributed by atoms with van der Waals surface area (Å²) < 4.78 is 5.71. The van der Waals surface area contributed by atoms with E-state index >= 15 is 0 Å². The molecule has 4 rings (SSSR count). The van der Waals surface area contributed by atoms with Gasteiger partial charge in [0.1, 0.15) is 5.75 Å². The number of fused-ring (bicyclic) bond motifs is 3. The van der Waals surface area contributed by atoms with Crippen LogP contribution in [-0.4, -0.2) is 30.1 Å². The van der Waals surface area contributed by atoms with Gasteiger partial charge in [-0.05, 0) is 81.4 Å². The molecular formula is C25H31AcNO4S. The van der Waals surface area contributed by atoms with E-state index in [0.717, 1.165) is 29.3 Å². The van der Waals surface area contributed by atoms with Gasteiger partial charge in [-0.3, -0.25) is 9.59 Å². The zero-order chi connectivity index (χ0) is 22.0. The molecule has 32 heavy (non-hydrogen) atoms. The third-order valence-corrected chi connectivity index (χ3v) is 8.01. The molecule has 4 atom stereocenters. The molecule has 1 unspecified atom stereocenters. The van der Waals surface area contributed by atoms with Crippen LogP contribution >= 0.6 is 11.3 Å². The standard InChI is InChI=1S/C25H31NO4S.Ac/c1-15(5-3-4-6-23(28)30-2)11-19-16-7-8-17(12-16)24(19)26-25(29)21-14-31-22-10-9-18(27)13-20(21)22;/h5,9-10,13-14,16-17,19,24,27H,3-4,6-8,11-12H2,1-2H3,(H,26,29);/b15-5-;/t16-,17+,19-,24?;/m0./s1. The molecule has 2 fully saturated rings. The fraction of sp³-hybridized carbons (Fsp3) is 0.520. The van der Waals surface area contributed by atoms with E-state index in [1.165, 1.54) is 43.3 Å². The quantitative estimate of drug-likeness (QED) is 0.224. The van der Waals surface area contributed by atoms with Gasteiger partial charge in [0.25, 0.3) is 5.91 Å². The van der Waals surface area contributed by atoms with Crippen LogP contribution in [0.5, 0.6) is 5.75 Å². The molecule has 1 amide bonds. The first-order valence-electron chi connectivity index (χ1n) is 11.2. The third kappa shape index (κ3) is 5.77. The van der Waals surface area contributed by atoms with Crippen LogP contribution in [0.3, 0.4) is 0 Å². The first-order valence-corrected chi connectivity index (χ1v) is 12.1. The van der Waals surface area contributed by atoms with Gasteiger partial charge in [0.15, 0.2) is 0 Å². The number of amides is 1. The summed E-state index contributed by atoms with van der Waals surface area (Å²) in [6.45, 7) is 2.16. The summed E-state index contributed by atoms with van der Waals surface area (Å²) in [5, 5.41) is 15.9. The Kier molecular flexibility index (Phi) is 9.24. The fourth-order valence-corrected chi connectivity index (χ4v) is 6.42. The number of hydrogen-bond acceptors (Lipinski definition) is 5. The van der Waals surface area contributed by atoms with E-state index in [4.69, 9.17) is 4.74 Å². The van der Waals surface area contributed by atoms with Crippen molar-refractivity contribution < 1.29 is 63.5 Å². The Hall–Kier alpha value is -0.898. The monoisotopic (exact) mass is 668 g/mol. The van der Waals surface area contributed by atoms with Crippen molar-refractivity contribution in [3.05, 3.63) is 40.8 Å². The van der Waals surface area contributed by atoms with Crippen molar-refractivity contribution in [2.24, 2.45) is 17.8 Å². The number of rotatable bonds is 8. The van der Waals surface area contributed by atoms with Gasteiger partial charge in [-0.25, -0.2) is 0 Å². The second-order valence-corrected chi connectivity index (χ2v) is 9.96. The minimum Gasteiger partial charge on any atom is -0.508 e. The Balaban J connectivity index is 0.00000289. The van der Waals surface area contributed by atoms with E-state index in [0.29, 0.717) is 29.7 Å². The van der Waals surface area contributed by atoms with Crippen LogP contribution in [0, 0.1) is 61.8 Å². The van der Waals surface area contributed by atoms with E-state index in [2.05, 4.69) is 18.3 Å². The predicted molar refractivity (Wildman–Crippen MR) is 123 cm³/mol. The van der Waals surface area contributed by atoms with Gasteiger partial charge in [0.2, 0.25) is 0 Å². The number of thiophene rings is 1. The number of ether oxygens (including phenoxy) is 1. The number of benzene rings is 1. The summed E-state index contributed by atoms with van der Waals surface area (Å²) in [6, 6.07) is 5.41. The maximum absolute atomic E-state index is 13.2. The molecule has 7 heteroatoms. The van der Waals surface area contributed by atoms with Gasteiger partial charge in [-0.15, -0.1) is 11.3 Å². The third-order valence-electron chi connectivity index (χ3n) is 7.05. The van der Waals surface area contributed by atoms with E-state index in [1.807, 2.05) is 11.4 Å². The smallest absolute Gasteiger partial charge is 0.305 e. The summed E-state index contributed by atoms with van der Waals surface area (Å²) in [5.41, 5.74) is 2.00. The molecule has 2 aliphatic rings. The summed E-state index contributed by atoms with van der Waals surface area (Å²) in [4.78, 5) is 24.4. The summed E-state index contributed by atoms with van der Waals surface area (Å²) in [7, 11) is 1.43. The van der Waals surface area contributed by atoms with Crippen LogP contribution in [-0.2, 0) is 9.53 Å². The SMILES string of the molecule is COC(=O)CCC/C=C(/C)C[C@@H]1C(NC(=O)c2csc3ccc(O)cc23)[C@@H]2CC[C@H]1C2.[Ac]. The number of methoxy groups -OCH3 is 1. The molecule has 169 valence electrons. The minimum atomic E-state index is -0.156. The largest absolute Gasteiger partial charge is 0.508 e. The van der Waals surface area contributed by atoms with Crippen LogP contribution in [0.25, 0.3) is 10.1 Å². The van der Waals surface area contributed by atoms with E-state index in [1.54, 1.807) is 12.1 Å². The van der Waals surface area contributed by atoms with Crippen LogP contribution in [0.4, 0.5) is 0 Å². The molecule has 2 bridgehead atoms. The van der Waals surface area contributed by atoms with Crippen molar-refractivity contribution in [3.63, 3.8) is 0 Å². The first kappa shape index (κ1) is 25.7. The second kappa shape index (κ2) is 11.5. The number of phenols is 1. The molecule has 0 spiro atoms. The Morgan fingerprint density at radius 2 is 2.06 bits per heavy atom. The number of carbonyl (C=O) groups excluding carboxylic acids is 2. The number of nitrogens with one attached hydrogen (secondary N) is 1. The Labute approximate surface area is 229 Å². The zero-order valence-electron chi connectivity index (χ0n) is 18.8. The van der Waals surface area contributed by atoms with Crippen LogP contribution in [0.15, 0.2) is 35.2 Å². The molecule has 2 saturated carbocycles. The normalized spacial score (nSPS) is 24.4. The van der Waals surface area contributed by atoms with Gasteiger partial charge in [-0.1, -0.05) is 11.6 Å². The molecule has 2 aromatic rings. The van der Waals surface area contributed by atoms with Crippen molar-refractivity contribution in [2.75, 3.05) is 7.11 Å². The summed E-state index contributed by atoms with van der Waals surface area (Å²) in [6.07, 6.45) is 9.03. The average Bonchev–Trinajstić information content (AvgIpc) is 3.46. The molecule has 5 nitrogen and oxygen atoms in total.